The lowest BCUT2D eigenvalue weighted by Gasteiger charge is -2.19. The third-order valence-corrected chi connectivity index (χ3v) is 7.38. The van der Waals surface area contributed by atoms with E-state index in [0.29, 0.717) is 19.8 Å². The first kappa shape index (κ1) is 46.8. The Labute approximate surface area is 259 Å². The molecule has 0 heterocycles. The summed E-state index contributed by atoms with van der Waals surface area (Å²) < 4.78 is 19.5. The van der Waals surface area contributed by atoms with Crippen LogP contribution in [-0.2, 0) is 38.1 Å². The number of carbonyl (C=O) groups is 4. The van der Waals surface area contributed by atoms with E-state index in [0.717, 1.165) is 44.9 Å². The van der Waals surface area contributed by atoms with Gasteiger partial charge in [0.2, 0.25) is 0 Å². The van der Waals surface area contributed by atoms with Crippen LogP contribution in [0, 0.1) is 21.7 Å². The summed E-state index contributed by atoms with van der Waals surface area (Å²) in [6.07, 6.45) is 6.23. The van der Waals surface area contributed by atoms with Crippen molar-refractivity contribution in [3.63, 3.8) is 0 Å². The highest BCUT2D eigenvalue weighted by atomic mass is 16.5. The third-order valence-electron chi connectivity index (χ3n) is 7.38. The molecule has 0 aromatic carbocycles. The van der Waals surface area contributed by atoms with Crippen LogP contribution in [0.15, 0.2) is 0 Å². The van der Waals surface area contributed by atoms with Gasteiger partial charge in [-0.05, 0) is 101 Å². The van der Waals surface area contributed by atoms with E-state index < -0.39 is 0 Å². The van der Waals surface area contributed by atoms with Crippen LogP contribution < -0.4 is 0 Å². The lowest BCUT2D eigenvalue weighted by atomic mass is 9.91. The molecule has 0 aromatic rings. The van der Waals surface area contributed by atoms with E-state index in [4.69, 9.17) is 14.2 Å². The predicted molar refractivity (Wildman–Crippen MR) is 172 cm³/mol. The molecule has 0 rings (SSSR count). The van der Waals surface area contributed by atoms with Crippen molar-refractivity contribution < 1.29 is 38.1 Å². The molecular weight excluding hydrogens is 536 g/mol. The number of unbranched alkanes of at least 4 members (excludes halogenated alkanes) is 1. The number of ether oxygens (including phenoxy) is 4. The van der Waals surface area contributed by atoms with E-state index in [1.54, 1.807) is 0 Å². The third kappa shape index (κ3) is 22.5. The molecule has 0 radical (unpaired) electrons. The van der Waals surface area contributed by atoms with Crippen LogP contribution in [0.4, 0.5) is 0 Å². The van der Waals surface area contributed by atoms with Crippen molar-refractivity contribution in [2.24, 2.45) is 21.7 Å². The highest BCUT2D eigenvalue weighted by molar-refractivity contribution is 5.76. The van der Waals surface area contributed by atoms with Gasteiger partial charge in [-0.2, -0.15) is 0 Å². The molecule has 252 valence electrons. The van der Waals surface area contributed by atoms with Gasteiger partial charge in [0, 0.05) is 0 Å². The normalized spacial score (nSPS) is 11.2. The van der Waals surface area contributed by atoms with Crippen molar-refractivity contribution in [3.05, 3.63) is 0 Å². The summed E-state index contributed by atoms with van der Waals surface area (Å²) in [6, 6.07) is 0. The molecule has 0 aromatic heterocycles. The van der Waals surface area contributed by atoms with Gasteiger partial charge in [-0.1, -0.05) is 48.0 Å². The summed E-state index contributed by atoms with van der Waals surface area (Å²) in [5.74, 6) is -0.386. The Morgan fingerprint density at radius 3 is 1.00 bits per heavy atom. The largest absolute Gasteiger partial charge is 0.469 e. The Morgan fingerprint density at radius 1 is 0.452 bits per heavy atom. The highest BCUT2D eigenvalue weighted by Crippen LogP contribution is 2.23. The minimum atomic E-state index is -0.312. The molecule has 0 unspecified atom stereocenters. The highest BCUT2D eigenvalue weighted by Gasteiger charge is 2.28. The van der Waals surface area contributed by atoms with E-state index in [9.17, 15) is 19.2 Å². The van der Waals surface area contributed by atoms with Crippen LogP contribution in [0.2, 0.25) is 0 Å². The fourth-order valence-electron chi connectivity index (χ4n) is 2.07. The van der Waals surface area contributed by atoms with Crippen LogP contribution in [0.25, 0.3) is 0 Å². The van der Waals surface area contributed by atoms with Crippen molar-refractivity contribution in [2.45, 2.75) is 149 Å². The van der Waals surface area contributed by atoms with Gasteiger partial charge in [-0.3, -0.25) is 19.2 Å². The summed E-state index contributed by atoms with van der Waals surface area (Å²) in [6.45, 7) is 30.6. The summed E-state index contributed by atoms with van der Waals surface area (Å²) in [5.41, 5.74) is -1.24. The van der Waals surface area contributed by atoms with Gasteiger partial charge >= 0.3 is 23.9 Å². The number of carbonyl (C=O) groups excluding carboxylic acids is 4. The summed E-state index contributed by atoms with van der Waals surface area (Å²) >= 11 is 0. The molecule has 0 saturated heterocycles. The average molecular weight is 605 g/mol. The maximum Gasteiger partial charge on any atom is 0.311 e. The van der Waals surface area contributed by atoms with Gasteiger partial charge in [0.05, 0.1) is 48.6 Å². The fourth-order valence-corrected chi connectivity index (χ4v) is 2.07. The smallest absolute Gasteiger partial charge is 0.311 e. The molecule has 0 saturated carbocycles. The maximum absolute atomic E-state index is 11.3. The minimum Gasteiger partial charge on any atom is -0.469 e. The van der Waals surface area contributed by atoms with Crippen molar-refractivity contribution in [3.8, 4) is 0 Å². The zero-order valence-electron chi connectivity index (χ0n) is 30.3. The van der Waals surface area contributed by atoms with Gasteiger partial charge in [0.15, 0.2) is 0 Å². The van der Waals surface area contributed by atoms with Crippen LogP contribution in [-0.4, -0.2) is 50.8 Å². The molecule has 0 N–H and O–H groups in total. The second-order valence-corrected chi connectivity index (χ2v) is 12.8. The summed E-state index contributed by atoms with van der Waals surface area (Å²) in [7, 11) is 1.42. The number of hydrogen-bond donors (Lipinski definition) is 0. The second kappa shape index (κ2) is 24.3. The van der Waals surface area contributed by atoms with Gasteiger partial charge in [0.1, 0.15) is 0 Å². The van der Waals surface area contributed by atoms with Crippen LogP contribution in [0.3, 0.4) is 0 Å². The van der Waals surface area contributed by atoms with E-state index >= 15 is 0 Å². The van der Waals surface area contributed by atoms with Gasteiger partial charge in [-0.15, -0.1) is 0 Å². The Balaban J connectivity index is -0.000000230. The lowest BCUT2D eigenvalue weighted by molar-refractivity contribution is -0.154. The Morgan fingerprint density at radius 2 is 0.762 bits per heavy atom. The minimum absolute atomic E-state index is 0.0709. The van der Waals surface area contributed by atoms with Crippen LogP contribution >= 0.6 is 0 Å². The molecule has 0 amide bonds. The first-order chi connectivity index (χ1) is 19.2. The van der Waals surface area contributed by atoms with Crippen LogP contribution in [0.5, 0.6) is 0 Å². The van der Waals surface area contributed by atoms with E-state index in [1.165, 1.54) is 7.11 Å². The molecule has 0 atom stereocenters. The number of hydrogen-bond acceptors (Lipinski definition) is 8. The molecule has 8 nitrogen and oxygen atoms in total. The number of rotatable bonds is 14. The van der Waals surface area contributed by atoms with Crippen molar-refractivity contribution in [1.29, 1.82) is 0 Å². The molecule has 0 aliphatic heterocycles. The molecule has 0 fully saturated rings. The van der Waals surface area contributed by atoms with Crippen molar-refractivity contribution in [1.82, 2.24) is 0 Å². The maximum atomic E-state index is 11.3. The fraction of sp³-hybridized carbons (Fsp3) is 0.882. The monoisotopic (exact) mass is 604 g/mol. The lowest BCUT2D eigenvalue weighted by Crippen LogP contribution is -2.26. The molecule has 0 aliphatic rings. The molecule has 0 spiro atoms. The first-order valence-electron chi connectivity index (χ1n) is 15.8. The quantitative estimate of drug-likeness (QED) is 0.110. The van der Waals surface area contributed by atoms with E-state index in [1.807, 2.05) is 96.9 Å². The standard InChI is InChI=1S/C10H20O2.C9H18O2.C8H16O2.C7H14O2/c1-5-7-8-12-9(11)10(3,4)6-2;1-5-7-11-8(10)9(3,4)6-2;1-5-8(3,4)7(9)10-6-2;1-5-7(2,3)6(8)9-4/h5-8H2,1-4H3;5-7H2,1-4H3;5-6H2,1-4H3;5H2,1-4H3. The Kier molecular flexibility index (Phi) is 27.1. The molecule has 0 aliphatic carbocycles. The number of esters is 4. The molecule has 0 bridgehead atoms. The zero-order chi connectivity index (χ0) is 34.2. The predicted octanol–water partition coefficient (Wildman–Crippen LogP) is 8.72. The first-order valence-corrected chi connectivity index (χ1v) is 15.8. The van der Waals surface area contributed by atoms with Gasteiger partial charge < -0.3 is 18.9 Å². The average Bonchev–Trinajstić information content (AvgIpc) is 2.96. The summed E-state index contributed by atoms with van der Waals surface area (Å²) in [4.78, 5) is 44.5. The van der Waals surface area contributed by atoms with Gasteiger partial charge in [-0.25, -0.2) is 0 Å². The zero-order valence-corrected chi connectivity index (χ0v) is 30.3. The Bertz CT molecular complexity index is 736. The number of methoxy groups -OCH3 is 1. The van der Waals surface area contributed by atoms with Crippen LogP contribution in [0.1, 0.15) is 149 Å². The van der Waals surface area contributed by atoms with E-state index in [-0.39, 0.29) is 45.5 Å². The van der Waals surface area contributed by atoms with Crippen molar-refractivity contribution in [2.75, 3.05) is 26.9 Å². The topological polar surface area (TPSA) is 105 Å². The second-order valence-electron chi connectivity index (χ2n) is 12.8. The molecular formula is C34H68O8. The van der Waals surface area contributed by atoms with E-state index in [2.05, 4.69) is 11.7 Å². The van der Waals surface area contributed by atoms with Gasteiger partial charge in [0.25, 0.3) is 0 Å². The molecule has 42 heavy (non-hydrogen) atoms. The molecule has 8 heteroatoms. The Hall–Kier alpha value is -2.12. The summed E-state index contributed by atoms with van der Waals surface area (Å²) in [5, 5.41) is 0. The van der Waals surface area contributed by atoms with Crippen molar-refractivity contribution >= 4 is 23.9 Å². The SMILES string of the molecule is CCC(C)(C)C(=O)OC.CCCCOC(=O)C(C)(C)CC.CCCOC(=O)C(C)(C)CC.CCOC(=O)C(C)(C)CC.